The van der Waals surface area contributed by atoms with Gasteiger partial charge in [0.1, 0.15) is 0 Å². The number of hydrogen-bond acceptors (Lipinski definition) is 1. The second-order valence-electron chi connectivity index (χ2n) is 4.79. The van der Waals surface area contributed by atoms with Crippen LogP contribution in [0.5, 0.6) is 0 Å². The van der Waals surface area contributed by atoms with Gasteiger partial charge >= 0.3 is 0 Å². The van der Waals surface area contributed by atoms with Crippen LogP contribution in [0, 0.1) is 23.7 Å². The summed E-state index contributed by atoms with van der Waals surface area (Å²) in [5, 5.41) is 3.00. The highest BCUT2D eigenvalue weighted by atomic mass is 35.5. The van der Waals surface area contributed by atoms with Gasteiger partial charge in [0.25, 0.3) is 0 Å². The highest BCUT2D eigenvalue weighted by Crippen LogP contribution is 2.57. The minimum Gasteiger partial charge on any atom is -0.356 e. The first-order valence-electron chi connectivity index (χ1n) is 5.57. The van der Waals surface area contributed by atoms with Crippen molar-refractivity contribution < 1.29 is 4.79 Å². The predicted molar refractivity (Wildman–Crippen MR) is 57.2 cm³/mol. The standard InChI is InChI=1S/C11H18ClNO/c1-7(5-12)6-13-11(14)10-8-3-2-4-9(8)10/h7-10H,2-6H2,1H3,(H,13,14). The predicted octanol–water partition coefficient (Wildman–Crippen LogP) is 2.02. The highest BCUT2D eigenvalue weighted by Gasteiger charge is 2.56. The lowest BCUT2D eigenvalue weighted by molar-refractivity contribution is -0.123. The Morgan fingerprint density at radius 2 is 2.14 bits per heavy atom. The van der Waals surface area contributed by atoms with Crippen LogP contribution in [-0.4, -0.2) is 18.3 Å². The van der Waals surface area contributed by atoms with E-state index in [1.807, 2.05) is 0 Å². The topological polar surface area (TPSA) is 29.1 Å². The zero-order valence-electron chi connectivity index (χ0n) is 8.63. The van der Waals surface area contributed by atoms with E-state index in [0.29, 0.717) is 17.7 Å². The van der Waals surface area contributed by atoms with Gasteiger partial charge in [-0.15, -0.1) is 11.6 Å². The van der Waals surface area contributed by atoms with Gasteiger partial charge in [-0.05, 0) is 30.6 Å². The molecule has 3 heteroatoms. The molecule has 2 fully saturated rings. The summed E-state index contributed by atoms with van der Waals surface area (Å²) >= 11 is 5.68. The van der Waals surface area contributed by atoms with E-state index in [0.717, 1.165) is 18.4 Å². The van der Waals surface area contributed by atoms with Gasteiger partial charge in [-0.1, -0.05) is 13.3 Å². The molecule has 0 aromatic heterocycles. The molecule has 3 atom stereocenters. The van der Waals surface area contributed by atoms with Crippen molar-refractivity contribution in [1.29, 1.82) is 0 Å². The zero-order chi connectivity index (χ0) is 10.1. The molecule has 2 rings (SSSR count). The number of fused-ring (bicyclic) bond motifs is 1. The van der Waals surface area contributed by atoms with Crippen LogP contribution in [-0.2, 0) is 4.79 Å². The molecular formula is C11H18ClNO. The van der Waals surface area contributed by atoms with Crippen molar-refractivity contribution in [2.45, 2.75) is 26.2 Å². The van der Waals surface area contributed by atoms with Gasteiger partial charge in [0.05, 0.1) is 0 Å². The Morgan fingerprint density at radius 1 is 1.50 bits per heavy atom. The van der Waals surface area contributed by atoms with Crippen molar-refractivity contribution in [2.75, 3.05) is 12.4 Å². The molecule has 14 heavy (non-hydrogen) atoms. The molecule has 2 aliphatic rings. The molecule has 0 aliphatic heterocycles. The lowest BCUT2D eigenvalue weighted by Gasteiger charge is -2.10. The number of alkyl halides is 1. The Labute approximate surface area is 90.4 Å². The number of carbonyl (C=O) groups is 1. The smallest absolute Gasteiger partial charge is 0.223 e. The molecule has 3 unspecified atom stereocenters. The lowest BCUT2D eigenvalue weighted by atomic mass is 10.1. The summed E-state index contributed by atoms with van der Waals surface area (Å²) in [6, 6.07) is 0. The number of carbonyl (C=O) groups excluding carboxylic acids is 1. The maximum atomic E-state index is 11.7. The number of amides is 1. The average molecular weight is 216 g/mol. The summed E-state index contributed by atoms with van der Waals surface area (Å²) in [6.45, 7) is 2.79. The van der Waals surface area contributed by atoms with Gasteiger partial charge in [-0.3, -0.25) is 4.79 Å². The largest absolute Gasteiger partial charge is 0.356 e. The second-order valence-corrected chi connectivity index (χ2v) is 5.10. The van der Waals surface area contributed by atoms with Crippen LogP contribution in [0.2, 0.25) is 0 Å². The summed E-state index contributed by atoms with van der Waals surface area (Å²) in [7, 11) is 0. The Bertz CT molecular complexity index is 221. The van der Waals surface area contributed by atoms with Crippen LogP contribution >= 0.6 is 11.6 Å². The maximum absolute atomic E-state index is 11.7. The van der Waals surface area contributed by atoms with Crippen molar-refractivity contribution in [3.63, 3.8) is 0 Å². The van der Waals surface area contributed by atoms with Gasteiger partial charge < -0.3 is 5.32 Å². The molecule has 1 N–H and O–H groups in total. The van der Waals surface area contributed by atoms with Gasteiger partial charge in [0.15, 0.2) is 0 Å². The van der Waals surface area contributed by atoms with E-state index >= 15 is 0 Å². The number of halogens is 1. The van der Waals surface area contributed by atoms with Crippen LogP contribution in [0.3, 0.4) is 0 Å². The minimum absolute atomic E-state index is 0.275. The Balaban J connectivity index is 1.70. The van der Waals surface area contributed by atoms with E-state index in [9.17, 15) is 4.79 Å². The normalized spacial score (nSPS) is 36.3. The molecule has 0 bridgehead atoms. The molecule has 0 spiro atoms. The van der Waals surface area contributed by atoms with Crippen LogP contribution in [0.15, 0.2) is 0 Å². The van der Waals surface area contributed by atoms with Gasteiger partial charge in [0.2, 0.25) is 5.91 Å². The first kappa shape index (κ1) is 10.3. The fourth-order valence-corrected chi connectivity index (χ4v) is 2.77. The van der Waals surface area contributed by atoms with Crippen molar-refractivity contribution in [2.24, 2.45) is 23.7 Å². The van der Waals surface area contributed by atoms with E-state index in [2.05, 4.69) is 12.2 Å². The quantitative estimate of drug-likeness (QED) is 0.715. The van der Waals surface area contributed by atoms with E-state index < -0.39 is 0 Å². The molecule has 0 radical (unpaired) electrons. The Kier molecular flexibility index (Phi) is 3.01. The molecule has 1 amide bonds. The van der Waals surface area contributed by atoms with Crippen LogP contribution in [0.4, 0.5) is 0 Å². The van der Waals surface area contributed by atoms with E-state index in [1.165, 1.54) is 19.3 Å². The molecule has 0 heterocycles. The fraction of sp³-hybridized carbons (Fsp3) is 0.909. The van der Waals surface area contributed by atoms with Crippen LogP contribution < -0.4 is 5.32 Å². The second kappa shape index (κ2) is 4.09. The van der Waals surface area contributed by atoms with E-state index in [4.69, 9.17) is 11.6 Å². The van der Waals surface area contributed by atoms with Crippen molar-refractivity contribution in [3.05, 3.63) is 0 Å². The lowest BCUT2D eigenvalue weighted by Crippen LogP contribution is -2.31. The molecule has 2 nitrogen and oxygen atoms in total. The SMILES string of the molecule is CC(CCl)CNC(=O)C1C2CCCC21. The Morgan fingerprint density at radius 3 is 2.71 bits per heavy atom. The van der Waals surface area contributed by atoms with Crippen molar-refractivity contribution in [3.8, 4) is 0 Å². The maximum Gasteiger partial charge on any atom is 0.223 e. The van der Waals surface area contributed by atoms with E-state index in [-0.39, 0.29) is 5.91 Å². The highest BCUT2D eigenvalue weighted by molar-refractivity contribution is 6.18. The molecule has 0 aromatic carbocycles. The summed E-state index contributed by atoms with van der Waals surface area (Å²) in [6.07, 6.45) is 3.87. The first-order chi connectivity index (χ1) is 6.74. The molecule has 2 aliphatic carbocycles. The molecule has 0 aromatic rings. The average Bonchev–Trinajstić information content (AvgIpc) is 2.68. The van der Waals surface area contributed by atoms with Crippen LogP contribution in [0.1, 0.15) is 26.2 Å². The summed E-state index contributed by atoms with van der Waals surface area (Å²) < 4.78 is 0. The number of nitrogens with one attached hydrogen (secondary N) is 1. The van der Waals surface area contributed by atoms with Gasteiger partial charge in [-0.2, -0.15) is 0 Å². The third-order valence-corrected chi connectivity index (χ3v) is 4.12. The molecule has 2 saturated carbocycles. The third-order valence-electron chi connectivity index (χ3n) is 3.60. The monoisotopic (exact) mass is 215 g/mol. The van der Waals surface area contributed by atoms with Gasteiger partial charge in [-0.25, -0.2) is 0 Å². The number of hydrogen-bond donors (Lipinski definition) is 1. The molecule has 0 saturated heterocycles. The van der Waals surface area contributed by atoms with Crippen molar-refractivity contribution in [1.82, 2.24) is 5.32 Å². The minimum atomic E-state index is 0.275. The van der Waals surface area contributed by atoms with Crippen molar-refractivity contribution >= 4 is 17.5 Å². The summed E-state index contributed by atoms with van der Waals surface area (Å²) in [5.41, 5.74) is 0. The third kappa shape index (κ3) is 1.90. The summed E-state index contributed by atoms with van der Waals surface area (Å²) in [4.78, 5) is 11.7. The molecule has 80 valence electrons. The summed E-state index contributed by atoms with van der Waals surface area (Å²) in [5.74, 6) is 3.09. The molecular weight excluding hydrogens is 198 g/mol. The van der Waals surface area contributed by atoms with E-state index in [1.54, 1.807) is 0 Å². The number of rotatable bonds is 4. The first-order valence-corrected chi connectivity index (χ1v) is 6.11. The zero-order valence-corrected chi connectivity index (χ0v) is 9.39. The van der Waals surface area contributed by atoms with Gasteiger partial charge in [0, 0.05) is 18.3 Å². The fourth-order valence-electron chi connectivity index (χ4n) is 2.66. The Hall–Kier alpha value is -0.240. The van der Waals surface area contributed by atoms with Crippen LogP contribution in [0.25, 0.3) is 0 Å².